The molecule has 0 bridgehead atoms. The summed E-state index contributed by atoms with van der Waals surface area (Å²) in [6.45, 7) is 0. The van der Waals surface area contributed by atoms with Crippen LogP contribution in [0.4, 0.5) is 4.39 Å². The molecule has 0 N–H and O–H groups in total. The lowest BCUT2D eigenvalue weighted by atomic mass is 10.2. The minimum Gasteiger partial charge on any atom is -0.259 e. The summed E-state index contributed by atoms with van der Waals surface area (Å²) in [7, 11) is 0. The maximum Gasteiger partial charge on any atom is 0.235 e. The summed E-state index contributed by atoms with van der Waals surface area (Å²) in [5.74, 6) is -0.611. The monoisotopic (exact) mass is 246 g/mol. The van der Waals surface area contributed by atoms with E-state index in [4.69, 9.17) is 0 Å². The fraction of sp³-hybridized carbons (Fsp3) is 0. The number of hydrogen-bond acceptors (Lipinski definition) is 3. The Labute approximate surface area is 81.4 Å². The van der Waals surface area contributed by atoms with E-state index in [-0.39, 0.29) is 10.2 Å². The van der Waals surface area contributed by atoms with Crippen molar-refractivity contribution in [3.05, 3.63) is 44.6 Å². The van der Waals surface area contributed by atoms with Crippen molar-refractivity contribution in [2.45, 2.75) is 0 Å². The molecule has 0 atom stereocenters. The van der Waals surface area contributed by atoms with Gasteiger partial charge < -0.3 is 0 Å². The lowest BCUT2D eigenvalue weighted by molar-refractivity contribution is -0.400. The van der Waals surface area contributed by atoms with Crippen LogP contribution in [0.5, 0.6) is 0 Å². The van der Waals surface area contributed by atoms with Crippen molar-refractivity contribution in [2.75, 3.05) is 0 Å². The molecule has 1 aromatic heterocycles. The highest BCUT2D eigenvalue weighted by Gasteiger charge is 2.04. The zero-order valence-corrected chi connectivity index (χ0v) is 7.86. The van der Waals surface area contributed by atoms with Gasteiger partial charge in [-0.3, -0.25) is 10.1 Å². The normalized spacial score (nSPS) is 10.6. The number of nitro groups is 1. The zero-order chi connectivity index (χ0) is 9.84. The van der Waals surface area contributed by atoms with Crippen molar-refractivity contribution in [3.63, 3.8) is 0 Å². The largest absolute Gasteiger partial charge is 0.259 e. The molecule has 0 saturated carbocycles. The van der Waals surface area contributed by atoms with Crippen LogP contribution in [0.3, 0.4) is 0 Å². The smallest absolute Gasteiger partial charge is 0.235 e. The third kappa shape index (κ3) is 2.59. The highest BCUT2D eigenvalue weighted by atomic mass is 79.9. The molecule has 0 saturated heterocycles. The molecule has 0 spiro atoms. The molecule has 6 heteroatoms. The predicted octanol–water partition coefficient (Wildman–Crippen LogP) is 2.23. The van der Waals surface area contributed by atoms with Crippen LogP contribution in [0.25, 0.3) is 6.08 Å². The summed E-state index contributed by atoms with van der Waals surface area (Å²) in [4.78, 5) is 12.9. The van der Waals surface area contributed by atoms with E-state index in [1.54, 1.807) is 0 Å². The molecule has 1 heterocycles. The molecule has 0 amide bonds. The SMILES string of the molecule is O=[N+]([O-])/C=C/c1ccnc(Br)c1F. The van der Waals surface area contributed by atoms with Gasteiger partial charge in [-0.1, -0.05) is 0 Å². The molecule has 68 valence electrons. The summed E-state index contributed by atoms with van der Waals surface area (Å²) in [6, 6.07) is 1.35. The zero-order valence-electron chi connectivity index (χ0n) is 6.28. The number of hydrogen-bond donors (Lipinski definition) is 0. The van der Waals surface area contributed by atoms with Gasteiger partial charge in [-0.15, -0.1) is 0 Å². The molecule has 0 aliphatic heterocycles. The average Bonchev–Trinajstić information content (AvgIpc) is 2.07. The number of pyridine rings is 1. The summed E-state index contributed by atoms with van der Waals surface area (Å²) < 4.78 is 13.1. The van der Waals surface area contributed by atoms with Crippen molar-refractivity contribution in [2.24, 2.45) is 0 Å². The molecule has 1 rings (SSSR count). The van der Waals surface area contributed by atoms with Crippen molar-refractivity contribution < 1.29 is 9.31 Å². The van der Waals surface area contributed by atoms with Gasteiger partial charge in [0.1, 0.15) is 4.60 Å². The number of nitrogens with zero attached hydrogens (tertiary/aromatic N) is 2. The molecule has 0 aliphatic rings. The van der Waals surface area contributed by atoms with Gasteiger partial charge in [-0.05, 0) is 22.0 Å². The van der Waals surface area contributed by atoms with Crippen LogP contribution in [-0.2, 0) is 0 Å². The maximum atomic E-state index is 13.1. The van der Waals surface area contributed by atoms with E-state index < -0.39 is 10.7 Å². The highest BCUT2D eigenvalue weighted by molar-refractivity contribution is 9.10. The van der Waals surface area contributed by atoms with Crippen LogP contribution < -0.4 is 0 Å². The lowest BCUT2D eigenvalue weighted by Crippen LogP contribution is -1.88. The second kappa shape index (κ2) is 4.08. The second-order valence-corrected chi connectivity index (χ2v) is 2.86. The van der Waals surface area contributed by atoms with E-state index in [0.717, 1.165) is 6.08 Å². The molecule has 0 unspecified atom stereocenters. The molecular formula is C7H4BrFN2O2. The Morgan fingerprint density at radius 3 is 3.00 bits per heavy atom. The minimum atomic E-state index is -0.659. The molecule has 0 fully saturated rings. The third-order valence-corrected chi connectivity index (χ3v) is 1.81. The number of rotatable bonds is 2. The molecule has 13 heavy (non-hydrogen) atoms. The van der Waals surface area contributed by atoms with Crippen LogP contribution in [0.15, 0.2) is 23.1 Å². The van der Waals surface area contributed by atoms with E-state index >= 15 is 0 Å². The van der Waals surface area contributed by atoms with E-state index in [2.05, 4.69) is 20.9 Å². The first-order valence-electron chi connectivity index (χ1n) is 3.23. The van der Waals surface area contributed by atoms with Crippen LogP contribution in [-0.4, -0.2) is 9.91 Å². The van der Waals surface area contributed by atoms with Gasteiger partial charge in [0.25, 0.3) is 0 Å². The molecule has 1 aromatic rings. The summed E-state index contributed by atoms with van der Waals surface area (Å²) in [5.41, 5.74) is 0.124. The van der Waals surface area contributed by atoms with E-state index in [1.165, 1.54) is 12.3 Å². The molecule has 0 aromatic carbocycles. The summed E-state index contributed by atoms with van der Waals surface area (Å²) in [6.07, 6.45) is 3.10. The van der Waals surface area contributed by atoms with Gasteiger partial charge >= 0.3 is 0 Å². The Bertz CT molecular complexity index is 368. The first-order valence-corrected chi connectivity index (χ1v) is 4.02. The van der Waals surface area contributed by atoms with Gasteiger partial charge in [0.2, 0.25) is 6.20 Å². The average molecular weight is 247 g/mol. The predicted molar refractivity (Wildman–Crippen MR) is 47.9 cm³/mol. The van der Waals surface area contributed by atoms with Gasteiger partial charge in [-0.2, -0.15) is 0 Å². The van der Waals surface area contributed by atoms with Crippen molar-refractivity contribution in [3.8, 4) is 0 Å². The van der Waals surface area contributed by atoms with Gasteiger partial charge in [-0.25, -0.2) is 9.37 Å². The summed E-state index contributed by atoms with van der Waals surface area (Å²) >= 11 is 2.86. The molecule has 0 radical (unpaired) electrons. The number of halogens is 2. The highest BCUT2D eigenvalue weighted by Crippen LogP contribution is 2.16. The molecular weight excluding hydrogens is 243 g/mol. The molecule has 4 nitrogen and oxygen atoms in total. The van der Waals surface area contributed by atoms with Crippen LogP contribution in [0, 0.1) is 15.9 Å². The summed E-state index contributed by atoms with van der Waals surface area (Å²) in [5, 5.41) is 9.94. The van der Waals surface area contributed by atoms with Gasteiger partial charge in [0.05, 0.1) is 4.92 Å². The van der Waals surface area contributed by atoms with Gasteiger partial charge in [0.15, 0.2) is 5.82 Å². The fourth-order valence-electron chi connectivity index (χ4n) is 0.702. The Morgan fingerprint density at radius 1 is 1.69 bits per heavy atom. The van der Waals surface area contributed by atoms with Crippen LogP contribution in [0.2, 0.25) is 0 Å². The van der Waals surface area contributed by atoms with E-state index in [9.17, 15) is 14.5 Å². The maximum absolute atomic E-state index is 13.1. The quantitative estimate of drug-likeness (QED) is 0.457. The van der Waals surface area contributed by atoms with Crippen molar-refractivity contribution >= 4 is 22.0 Å². The van der Waals surface area contributed by atoms with Gasteiger partial charge in [0, 0.05) is 17.8 Å². The van der Waals surface area contributed by atoms with E-state index in [0.29, 0.717) is 6.20 Å². The Hall–Kier alpha value is -1.30. The minimum absolute atomic E-state index is 0.0398. The van der Waals surface area contributed by atoms with Crippen LogP contribution in [0.1, 0.15) is 5.56 Å². The van der Waals surface area contributed by atoms with E-state index in [1.807, 2.05) is 0 Å². The van der Waals surface area contributed by atoms with Crippen molar-refractivity contribution in [1.29, 1.82) is 0 Å². The fourth-order valence-corrected chi connectivity index (χ4v) is 1.05. The second-order valence-electron chi connectivity index (χ2n) is 2.11. The lowest BCUT2D eigenvalue weighted by Gasteiger charge is -1.95. The first kappa shape index (κ1) is 9.79. The Balaban J connectivity index is 3.02. The standard InChI is InChI=1S/C7H4BrFN2O2/c8-7-6(9)5(1-3-10-7)2-4-11(12)13/h1-4H/b4-2+. The topological polar surface area (TPSA) is 56.0 Å². The number of aromatic nitrogens is 1. The Kier molecular flexibility index (Phi) is 3.07. The van der Waals surface area contributed by atoms with Crippen molar-refractivity contribution in [1.82, 2.24) is 4.98 Å². The van der Waals surface area contributed by atoms with Crippen LogP contribution >= 0.6 is 15.9 Å². The molecule has 0 aliphatic carbocycles. The Morgan fingerprint density at radius 2 is 2.38 bits per heavy atom. The first-order chi connectivity index (χ1) is 6.11. The third-order valence-electron chi connectivity index (χ3n) is 1.25.